The summed E-state index contributed by atoms with van der Waals surface area (Å²) in [6.45, 7) is 1.76. The first-order chi connectivity index (χ1) is 10.1. The lowest BCUT2D eigenvalue weighted by Crippen LogP contribution is -2.19. The van der Waals surface area contributed by atoms with E-state index in [0.29, 0.717) is 33.4 Å². The molecule has 0 fully saturated rings. The Hall–Kier alpha value is -2.53. The Kier molecular flexibility index (Phi) is 3.50. The smallest absolute Gasteiger partial charge is 0.323 e. The van der Waals surface area contributed by atoms with Gasteiger partial charge in [-0.1, -0.05) is 17.7 Å². The van der Waals surface area contributed by atoms with Crippen LogP contribution in [0.4, 0.5) is 16.2 Å². The quantitative estimate of drug-likeness (QED) is 0.735. The Balaban J connectivity index is 1.78. The van der Waals surface area contributed by atoms with Crippen LogP contribution in [-0.4, -0.2) is 11.0 Å². The predicted octanol–water partition coefficient (Wildman–Crippen LogP) is 4.43. The molecule has 0 radical (unpaired) electrons. The van der Waals surface area contributed by atoms with E-state index in [2.05, 4.69) is 15.6 Å². The van der Waals surface area contributed by atoms with E-state index < -0.39 is 0 Å². The van der Waals surface area contributed by atoms with Gasteiger partial charge in [-0.15, -0.1) is 0 Å². The molecule has 0 spiro atoms. The number of carbonyl (C=O) groups excluding carboxylic acids is 1. The van der Waals surface area contributed by atoms with Crippen LogP contribution in [0.3, 0.4) is 0 Å². The maximum absolute atomic E-state index is 12.0. The molecule has 2 N–H and O–H groups in total. The van der Waals surface area contributed by atoms with Gasteiger partial charge in [0.05, 0.1) is 5.69 Å². The van der Waals surface area contributed by atoms with E-state index >= 15 is 0 Å². The van der Waals surface area contributed by atoms with Gasteiger partial charge in [0.1, 0.15) is 5.52 Å². The second kappa shape index (κ2) is 5.46. The van der Waals surface area contributed by atoms with Gasteiger partial charge in [-0.2, -0.15) is 0 Å². The van der Waals surface area contributed by atoms with Crippen LogP contribution in [0.15, 0.2) is 46.9 Å². The number of rotatable bonds is 2. The molecule has 6 heteroatoms. The lowest BCUT2D eigenvalue weighted by Gasteiger charge is -2.07. The zero-order valence-electron chi connectivity index (χ0n) is 11.2. The second-order valence-electron chi connectivity index (χ2n) is 4.47. The topological polar surface area (TPSA) is 67.2 Å². The largest absolute Gasteiger partial charge is 0.439 e. The van der Waals surface area contributed by atoms with Crippen molar-refractivity contribution in [3.63, 3.8) is 0 Å². The molecule has 0 saturated heterocycles. The first kappa shape index (κ1) is 13.5. The van der Waals surface area contributed by atoms with Crippen molar-refractivity contribution in [3.8, 4) is 0 Å². The summed E-state index contributed by atoms with van der Waals surface area (Å²) < 4.78 is 5.49. The van der Waals surface area contributed by atoms with E-state index in [-0.39, 0.29) is 6.03 Å². The third-order valence-corrected chi connectivity index (χ3v) is 3.12. The minimum Gasteiger partial charge on any atom is -0.439 e. The van der Waals surface area contributed by atoms with E-state index in [0.717, 1.165) is 0 Å². The van der Waals surface area contributed by atoms with Gasteiger partial charge in [-0.25, -0.2) is 9.78 Å². The number of benzene rings is 2. The van der Waals surface area contributed by atoms with Crippen LogP contribution >= 0.6 is 11.6 Å². The molecule has 1 heterocycles. The van der Waals surface area contributed by atoms with Crippen LogP contribution in [0.25, 0.3) is 11.1 Å². The highest BCUT2D eigenvalue weighted by Crippen LogP contribution is 2.24. The molecule has 0 aliphatic rings. The summed E-state index contributed by atoms with van der Waals surface area (Å²) in [5, 5.41) is 6.08. The number of aromatic nitrogens is 1. The van der Waals surface area contributed by atoms with Gasteiger partial charge in [0.25, 0.3) is 0 Å². The summed E-state index contributed by atoms with van der Waals surface area (Å²) in [6.07, 6.45) is 0. The Labute approximate surface area is 125 Å². The summed E-state index contributed by atoms with van der Waals surface area (Å²) in [5.74, 6) is 0.553. The molecule has 1 aromatic heterocycles. The lowest BCUT2D eigenvalue weighted by atomic mass is 10.3. The van der Waals surface area contributed by atoms with Crippen LogP contribution < -0.4 is 10.6 Å². The van der Waals surface area contributed by atoms with Gasteiger partial charge in [-0.05, 0) is 36.4 Å². The van der Waals surface area contributed by atoms with E-state index in [1.165, 1.54) is 0 Å². The summed E-state index contributed by atoms with van der Waals surface area (Å²) in [7, 11) is 0. The fraction of sp³-hybridized carbons (Fsp3) is 0.0667. The Morgan fingerprint density at radius 1 is 1.14 bits per heavy atom. The summed E-state index contributed by atoms with van der Waals surface area (Å²) in [6, 6.07) is 11.9. The number of aryl methyl sites for hydroxylation is 1. The van der Waals surface area contributed by atoms with Gasteiger partial charge in [0.15, 0.2) is 11.5 Å². The van der Waals surface area contributed by atoms with Crippen LogP contribution in [0, 0.1) is 6.92 Å². The van der Waals surface area contributed by atoms with Crippen molar-refractivity contribution >= 4 is 40.1 Å². The number of halogens is 1. The average Bonchev–Trinajstić information content (AvgIpc) is 2.83. The van der Waals surface area contributed by atoms with Crippen molar-refractivity contribution in [2.24, 2.45) is 0 Å². The van der Waals surface area contributed by atoms with Crippen molar-refractivity contribution < 1.29 is 9.21 Å². The van der Waals surface area contributed by atoms with Crippen molar-refractivity contribution in [1.82, 2.24) is 4.98 Å². The molecule has 0 aliphatic heterocycles. The van der Waals surface area contributed by atoms with Crippen LogP contribution in [0.5, 0.6) is 0 Å². The Morgan fingerprint density at radius 3 is 2.67 bits per heavy atom. The molecular formula is C15H12ClN3O2. The number of para-hydroxylation sites is 1. The first-order valence-electron chi connectivity index (χ1n) is 6.31. The van der Waals surface area contributed by atoms with Gasteiger partial charge in [0.2, 0.25) is 0 Å². The zero-order valence-corrected chi connectivity index (χ0v) is 11.9. The number of nitrogens with zero attached hydrogens (tertiary/aromatic N) is 1. The number of nitrogens with one attached hydrogen (secondary N) is 2. The molecule has 0 bridgehead atoms. The van der Waals surface area contributed by atoms with Crippen molar-refractivity contribution in [1.29, 1.82) is 0 Å². The van der Waals surface area contributed by atoms with Crippen LogP contribution in [0.1, 0.15) is 5.89 Å². The number of hydrogen-bond acceptors (Lipinski definition) is 3. The predicted molar refractivity (Wildman–Crippen MR) is 82.8 cm³/mol. The highest BCUT2D eigenvalue weighted by Gasteiger charge is 2.10. The molecule has 0 saturated carbocycles. The highest BCUT2D eigenvalue weighted by atomic mass is 35.5. The minimum absolute atomic E-state index is 0.362. The SMILES string of the molecule is Cc1nc2cccc(NC(=O)Nc3ccc(Cl)cc3)c2o1. The number of urea groups is 1. The molecule has 21 heavy (non-hydrogen) atoms. The van der Waals surface area contributed by atoms with E-state index in [9.17, 15) is 4.79 Å². The maximum atomic E-state index is 12.0. The molecule has 0 aliphatic carbocycles. The van der Waals surface area contributed by atoms with Crippen molar-refractivity contribution in [2.75, 3.05) is 10.6 Å². The fourth-order valence-corrected chi connectivity index (χ4v) is 2.10. The molecule has 0 atom stereocenters. The van der Waals surface area contributed by atoms with E-state index in [4.69, 9.17) is 16.0 Å². The standard InChI is InChI=1S/C15H12ClN3O2/c1-9-17-12-3-2-4-13(14(12)21-9)19-15(20)18-11-7-5-10(16)6-8-11/h2-8H,1H3,(H2,18,19,20). The third kappa shape index (κ3) is 2.98. The normalized spacial score (nSPS) is 10.6. The maximum Gasteiger partial charge on any atom is 0.323 e. The fourth-order valence-electron chi connectivity index (χ4n) is 1.98. The van der Waals surface area contributed by atoms with Crippen molar-refractivity contribution in [2.45, 2.75) is 6.92 Å². The average molecular weight is 302 g/mol. The minimum atomic E-state index is -0.362. The van der Waals surface area contributed by atoms with E-state index in [1.807, 2.05) is 12.1 Å². The van der Waals surface area contributed by atoms with Gasteiger partial charge in [-0.3, -0.25) is 0 Å². The lowest BCUT2D eigenvalue weighted by molar-refractivity contribution is 0.262. The van der Waals surface area contributed by atoms with Crippen LogP contribution in [0.2, 0.25) is 5.02 Å². The van der Waals surface area contributed by atoms with Crippen LogP contribution in [-0.2, 0) is 0 Å². The highest BCUT2D eigenvalue weighted by molar-refractivity contribution is 6.30. The molecule has 0 unspecified atom stereocenters. The Bertz CT molecular complexity index is 796. The zero-order chi connectivity index (χ0) is 14.8. The molecule has 2 amide bonds. The van der Waals surface area contributed by atoms with Gasteiger partial charge in [0, 0.05) is 17.6 Å². The molecule has 2 aromatic carbocycles. The summed E-state index contributed by atoms with van der Waals surface area (Å²) in [5.41, 5.74) is 2.48. The molecule has 3 rings (SSSR count). The number of carbonyl (C=O) groups is 1. The molecular weight excluding hydrogens is 290 g/mol. The number of fused-ring (bicyclic) bond motifs is 1. The summed E-state index contributed by atoms with van der Waals surface area (Å²) >= 11 is 5.80. The number of hydrogen-bond donors (Lipinski definition) is 2. The van der Waals surface area contributed by atoms with Crippen molar-refractivity contribution in [3.05, 3.63) is 53.4 Å². The summed E-state index contributed by atoms with van der Waals surface area (Å²) in [4.78, 5) is 16.2. The third-order valence-electron chi connectivity index (χ3n) is 2.87. The second-order valence-corrected chi connectivity index (χ2v) is 4.91. The number of oxazole rings is 1. The molecule has 5 nitrogen and oxygen atoms in total. The first-order valence-corrected chi connectivity index (χ1v) is 6.69. The molecule has 3 aromatic rings. The van der Waals surface area contributed by atoms with E-state index in [1.54, 1.807) is 37.3 Å². The monoisotopic (exact) mass is 301 g/mol. The Morgan fingerprint density at radius 2 is 1.90 bits per heavy atom. The molecule has 106 valence electrons. The van der Waals surface area contributed by atoms with Gasteiger partial charge < -0.3 is 15.1 Å². The number of anilines is 2. The number of amides is 2. The van der Waals surface area contributed by atoms with Gasteiger partial charge >= 0.3 is 6.03 Å².